The van der Waals surface area contributed by atoms with Crippen LogP contribution in [0.4, 0.5) is 0 Å². The summed E-state index contributed by atoms with van der Waals surface area (Å²) in [5.41, 5.74) is 0. The van der Waals surface area contributed by atoms with Crippen molar-refractivity contribution >= 4 is 6.34 Å². The van der Waals surface area contributed by atoms with Crippen molar-refractivity contribution in [3.8, 4) is 0 Å². The molecule has 2 heteroatoms. The summed E-state index contributed by atoms with van der Waals surface area (Å²) >= 11 is 0. The highest BCUT2D eigenvalue weighted by molar-refractivity contribution is 5.54. The third-order valence-corrected chi connectivity index (χ3v) is 1.45. The molecule has 0 rings (SSSR count). The number of hydrogen-bond acceptors (Lipinski definition) is 1. The van der Waals surface area contributed by atoms with Gasteiger partial charge in [-0.1, -0.05) is 13.8 Å². The van der Waals surface area contributed by atoms with Crippen molar-refractivity contribution in [2.24, 2.45) is 4.99 Å². The van der Waals surface area contributed by atoms with Gasteiger partial charge in [0.25, 0.3) is 0 Å². The van der Waals surface area contributed by atoms with Crippen LogP contribution in [0.5, 0.6) is 0 Å². The molecule has 11 heavy (non-hydrogen) atoms. The van der Waals surface area contributed by atoms with Gasteiger partial charge in [-0.2, -0.15) is 0 Å². The van der Waals surface area contributed by atoms with Crippen molar-refractivity contribution in [2.45, 2.75) is 33.6 Å². The lowest BCUT2D eigenvalue weighted by Gasteiger charge is -2.16. The molecule has 0 aromatic rings. The maximum atomic E-state index is 4.21. The van der Waals surface area contributed by atoms with Gasteiger partial charge in [0.05, 0.1) is 6.34 Å². The van der Waals surface area contributed by atoms with Gasteiger partial charge in [-0.15, -0.1) is 0 Å². The first-order valence-corrected chi connectivity index (χ1v) is 4.59. The predicted octanol–water partition coefficient (Wildman–Crippen LogP) is 2.16. The minimum atomic E-state index is 0.893. The molecule has 0 aliphatic rings. The summed E-state index contributed by atoms with van der Waals surface area (Å²) < 4.78 is 0. The zero-order valence-electron chi connectivity index (χ0n) is 8.01. The van der Waals surface area contributed by atoms with Crippen LogP contribution in [0.2, 0.25) is 0 Å². The first kappa shape index (κ1) is 10.5. The highest BCUT2D eigenvalue weighted by Crippen LogP contribution is 1.89. The highest BCUT2D eigenvalue weighted by atomic mass is 15.1. The molecule has 0 N–H and O–H groups in total. The molecule has 0 spiro atoms. The maximum absolute atomic E-state index is 4.21. The van der Waals surface area contributed by atoms with Crippen LogP contribution >= 0.6 is 0 Å². The minimum Gasteiger partial charge on any atom is -0.363 e. The van der Waals surface area contributed by atoms with E-state index in [1.807, 2.05) is 6.34 Å². The summed E-state index contributed by atoms with van der Waals surface area (Å²) in [7, 11) is 0. The Morgan fingerprint density at radius 3 is 2.00 bits per heavy atom. The minimum absolute atomic E-state index is 0.893. The lowest BCUT2D eigenvalue weighted by atomic mass is 10.4. The summed E-state index contributed by atoms with van der Waals surface area (Å²) in [5.74, 6) is 0. The van der Waals surface area contributed by atoms with Gasteiger partial charge in [-0.3, -0.25) is 4.99 Å². The second-order valence-electron chi connectivity index (χ2n) is 2.65. The monoisotopic (exact) mass is 156 g/mol. The maximum Gasteiger partial charge on any atom is 0.0849 e. The predicted molar refractivity (Wildman–Crippen MR) is 51.2 cm³/mol. The van der Waals surface area contributed by atoms with E-state index in [4.69, 9.17) is 0 Å². The Balaban J connectivity index is 3.58. The van der Waals surface area contributed by atoms with Gasteiger partial charge in [0.2, 0.25) is 0 Å². The molecule has 66 valence electrons. The van der Waals surface area contributed by atoms with Crippen LogP contribution in [0.15, 0.2) is 4.99 Å². The second-order valence-corrected chi connectivity index (χ2v) is 2.65. The summed E-state index contributed by atoms with van der Waals surface area (Å²) in [6.45, 7) is 9.62. The Bertz CT molecular complexity index is 93.7. The lowest BCUT2D eigenvalue weighted by molar-refractivity contribution is 0.427. The topological polar surface area (TPSA) is 15.6 Å². The third kappa shape index (κ3) is 5.89. The number of aliphatic imine (C=N–C) groups is 1. The smallest absolute Gasteiger partial charge is 0.0849 e. The molecule has 0 heterocycles. The van der Waals surface area contributed by atoms with E-state index in [2.05, 4.69) is 30.7 Å². The molecule has 2 nitrogen and oxygen atoms in total. The first-order valence-electron chi connectivity index (χ1n) is 4.59. The molecule has 0 aromatic carbocycles. The van der Waals surface area contributed by atoms with Crippen molar-refractivity contribution in [3.63, 3.8) is 0 Å². The average molecular weight is 156 g/mol. The van der Waals surface area contributed by atoms with Crippen LogP contribution in [-0.4, -0.2) is 30.9 Å². The highest BCUT2D eigenvalue weighted by Gasteiger charge is 1.93. The Kier molecular flexibility index (Phi) is 7.21. The van der Waals surface area contributed by atoms with E-state index in [0.717, 1.165) is 19.6 Å². The normalized spacial score (nSPS) is 10.8. The average Bonchev–Trinajstić information content (AvgIpc) is 2.01. The Labute approximate surface area is 70.3 Å². The molecular formula is C9H20N2. The molecule has 0 unspecified atom stereocenters. The van der Waals surface area contributed by atoms with E-state index in [9.17, 15) is 0 Å². The molecule has 0 saturated carbocycles. The Morgan fingerprint density at radius 1 is 1.09 bits per heavy atom. The number of rotatable bonds is 6. The van der Waals surface area contributed by atoms with Gasteiger partial charge in [0.15, 0.2) is 0 Å². The van der Waals surface area contributed by atoms with E-state index in [0.29, 0.717) is 0 Å². The summed E-state index contributed by atoms with van der Waals surface area (Å²) in [4.78, 5) is 6.49. The van der Waals surface area contributed by atoms with E-state index in [1.54, 1.807) is 0 Å². The van der Waals surface area contributed by atoms with Crippen molar-refractivity contribution in [1.29, 1.82) is 0 Å². The van der Waals surface area contributed by atoms with E-state index >= 15 is 0 Å². The number of nitrogens with zero attached hydrogens (tertiary/aromatic N) is 2. The third-order valence-electron chi connectivity index (χ3n) is 1.45. The molecular weight excluding hydrogens is 136 g/mol. The molecule has 0 aliphatic carbocycles. The van der Waals surface area contributed by atoms with Gasteiger partial charge in [0.1, 0.15) is 0 Å². The quantitative estimate of drug-likeness (QED) is 0.425. The largest absolute Gasteiger partial charge is 0.363 e. The molecule has 0 bridgehead atoms. The van der Waals surface area contributed by atoms with Crippen LogP contribution in [0, 0.1) is 0 Å². The van der Waals surface area contributed by atoms with E-state index in [1.165, 1.54) is 12.8 Å². The fourth-order valence-electron chi connectivity index (χ4n) is 0.999. The van der Waals surface area contributed by atoms with Crippen molar-refractivity contribution in [3.05, 3.63) is 0 Å². The molecule has 0 atom stereocenters. The fourth-order valence-corrected chi connectivity index (χ4v) is 0.999. The Hall–Kier alpha value is -0.530. The van der Waals surface area contributed by atoms with Crippen LogP contribution in [0.25, 0.3) is 0 Å². The zero-order valence-corrected chi connectivity index (χ0v) is 8.01. The van der Waals surface area contributed by atoms with Crippen LogP contribution in [-0.2, 0) is 0 Å². The van der Waals surface area contributed by atoms with Gasteiger partial charge in [-0.25, -0.2) is 0 Å². The molecule has 0 amide bonds. The Morgan fingerprint density at radius 2 is 1.64 bits per heavy atom. The van der Waals surface area contributed by atoms with Crippen LogP contribution in [0.3, 0.4) is 0 Å². The first-order chi connectivity index (χ1) is 5.35. The zero-order chi connectivity index (χ0) is 8.53. The lowest BCUT2D eigenvalue weighted by Crippen LogP contribution is -2.23. The summed E-state index contributed by atoms with van der Waals surface area (Å²) in [6, 6.07) is 0. The molecule has 0 aliphatic heterocycles. The summed E-state index contributed by atoms with van der Waals surface area (Å²) in [6.07, 6.45) is 4.39. The van der Waals surface area contributed by atoms with Crippen molar-refractivity contribution in [1.82, 2.24) is 4.90 Å². The molecule has 0 aromatic heterocycles. The molecule has 0 radical (unpaired) electrons. The van der Waals surface area contributed by atoms with Crippen LogP contribution < -0.4 is 0 Å². The fraction of sp³-hybridized carbons (Fsp3) is 0.889. The van der Waals surface area contributed by atoms with Crippen molar-refractivity contribution in [2.75, 3.05) is 19.6 Å². The standard InChI is InChI=1S/C9H20N2/c1-4-7-11(8-5-2)9-10-6-3/h9H,4-8H2,1-3H3. The SMILES string of the molecule is CCCN(C=NCC)CCC. The molecule has 0 fully saturated rings. The summed E-state index contributed by atoms with van der Waals surface area (Å²) in [5, 5.41) is 0. The number of hydrogen-bond donors (Lipinski definition) is 0. The van der Waals surface area contributed by atoms with Gasteiger partial charge in [-0.05, 0) is 19.8 Å². The van der Waals surface area contributed by atoms with Crippen molar-refractivity contribution < 1.29 is 0 Å². The van der Waals surface area contributed by atoms with Gasteiger partial charge >= 0.3 is 0 Å². The van der Waals surface area contributed by atoms with E-state index < -0.39 is 0 Å². The van der Waals surface area contributed by atoms with E-state index in [-0.39, 0.29) is 0 Å². The second kappa shape index (κ2) is 7.58. The van der Waals surface area contributed by atoms with Crippen LogP contribution in [0.1, 0.15) is 33.6 Å². The molecule has 0 saturated heterocycles. The van der Waals surface area contributed by atoms with Gasteiger partial charge in [0, 0.05) is 19.6 Å². The van der Waals surface area contributed by atoms with Gasteiger partial charge < -0.3 is 4.90 Å².